The number of allylic oxidation sites excluding steroid dienone is 1. The summed E-state index contributed by atoms with van der Waals surface area (Å²) in [7, 11) is 0. The molecule has 0 radical (unpaired) electrons. The van der Waals surface area contributed by atoms with Gasteiger partial charge in [-0.1, -0.05) is 23.8 Å². The van der Waals surface area contributed by atoms with E-state index in [0.29, 0.717) is 0 Å². The van der Waals surface area contributed by atoms with E-state index in [1.165, 1.54) is 12.1 Å². The third-order valence-electron chi connectivity index (χ3n) is 1.69. The van der Waals surface area contributed by atoms with Crippen LogP contribution in [0.2, 0.25) is 0 Å². The smallest absolute Gasteiger partial charge is 0.166 e. The van der Waals surface area contributed by atoms with Crippen LogP contribution in [-0.4, -0.2) is 0 Å². The van der Waals surface area contributed by atoms with Crippen LogP contribution >= 0.6 is 0 Å². The Hall–Kier alpha value is -1.25. The molecule has 0 aliphatic heterocycles. The van der Waals surface area contributed by atoms with Crippen molar-refractivity contribution in [2.45, 2.75) is 20.0 Å². The van der Waals surface area contributed by atoms with Crippen LogP contribution in [0, 0.1) is 0 Å². The first-order chi connectivity index (χ1) is 6.39. The maximum atomic E-state index is 12.2. The molecule has 0 aliphatic rings. The summed E-state index contributed by atoms with van der Waals surface area (Å²) in [6, 6.07) is 5.12. The Morgan fingerprint density at radius 1 is 1.07 bits per heavy atom. The minimum absolute atomic E-state index is 0.608. The minimum Gasteiger partial charge on any atom is -0.166 e. The Morgan fingerprint density at radius 3 is 1.93 bits per heavy atom. The maximum Gasteiger partial charge on any atom is 0.416 e. The van der Waals surface area contributed by atoms with Crippen LogP contribution in [0.3, 0.4) is 0 Å². The Morgan fingerprint density at radius 2 is 1.57 bits per heavy atom. The molecule has 0 spiro atoms. The van der Waals surface area contributed by atoms with E-state index in [9.17, 15) is 13.2 Å². The molecule has 0 unspecified atom stereocenters. The van der Waals surface area contributed by atoms with Gasteiger partial charge in [-0.3, -0.25) is 0 Å². The minimum atomic E-state index is -4.25. The second kappa shape index (κ2) is 3.86. The van der Waals surface area contributed by atoms with Crippen molar-refractivity contribution in [3.05, 3.63) is 41.0 Å². The van der Waals surface area contributed by atoms with E-state index in [1.54, 1.807) is 0 Å². The molecule has 1 rings (SSSR count). The van der Waals surface area contributed by atoms with Crippen LogP contribution in [0.15, 0.2) is 29.8 Å². The average molecular weight is 200 g/mol. The van der Waals surface area contributed by atoms with E-state index in [0.717, 1.165) is 23.3 Å². The Kier molecular flexibility index (Phi) is 2.99. The van der Waals surface area contributed by atoms with E-state index in [2.05, 4.69) is 0 Å². The second-order valence-corrected chi connectivity index (χ2v) is 3.34. The molecular formula is C11H11F3. The number of hydrogen-bond donors (Lipinski definition) is 0. The molecule has 0 aliphatic carbocycles. The maximum absolute atomic E-state index is 12.2. The third-order valence-corrected chi connectivity index (χ3v) is 1.69. The predicted octanol–water partition coefficient (Wildman–Crippen LogP) is 4.13. The van der Waals surface area contributed by atoms with Crippen LogP contribution in [-0.2, 0) is 6.18 Å². The normalized spacial score (nSPS) is 11.2. The standard InChI is InChI=1S/C11H11F3/c1-8(2)7-9-3-5-10(6-4-9)11(12,13)14/h3-7H,1-2H3. The van der Waals surface area contributed by atoms with E-state index in [4.69, 9.17) is 0 Å². The summed E-state index contributed by atoms with van der Waals surface area (Å²) in [5.74, 6) is 0. The molecule has 3 heteroatoms. The first-order valence-corrected chi connectivity index (χ1v) is 4.22. The summed E-state index contributed by atoms with van der Waals surface area (Å²) in [5, 5.41) is 0. The Balaban J connectivity index is 2.95. The monoisotopic (exact) mass is 200 g/mol. The number of hydrogen-bond acceptors (Lipinski definition) is 0. The van der Waals surface area contributed by atoms with Gasteiger partial charge in [0.05, 0.1) is 5.56 Å². The van der Waals surface area contributed by atoms with Crippen LogP contribution in [0.5, 0.6) is 0 Å². The topological polar surface area (TPSA) is 0 Å². The van der Waals surface area contributed by atoms with E-state index >= 15 is 0 Å². The SMILES string of the molecule is CC(C)=Cc1ccc(C(F)(F)F)cc1. The summed E-state index contributed by atoms with van der Waals surface area (Å²) >= 11 is 0. The molecule has 0 aromatic heterocycles. The van der Waals surface area contributed by atoms with Crippen LogP contribution in [0.1, 0.15) is 25.0 Å². The molecule has 1 aromatic carbocycles. The van der Waals surface area contributed by atoms with Crippen molar-refractivity contribution in [1.82, 2.24) is 0 Å². The highest BCUT2D eigenvalue weighted by molar-refractivity contribution is 5.52. The molecule has 0 bridgehead atoms. The van der Waals surface area contributed by atoms with Gasteiger partial charge in [0, 0.05) is 0 Å². The Labute approximate surface area is 81.1 Å². The van der Waals surface area contributed by atoms with Crippen molar-refractivity contribution < 1.29 is 13.2 Å². The van der Waals surface area contributed by atoms with Crippen LogP contribution in [0.25, 0.3) is 6.08 Å². The molecule has 76 valence electrons. The zero-order chi connectivity index (χ0) is 10.8. The van der Waals surface area contributed by atoms with Gasteiger partial charge < -0.3 is 0 Å². The lowest BCUT2D eigenvalue weighted by atomic mass is 10.1. The molecule has 0 saturated carbocycles. The summed E-state index contributed by atoms with van der Waals surface area (Å²) in [6.07, 6.45) is -2.41. The van der Waals surface area contributed by atoms with Crippen molar-refractivity contribution in [3.8, 4) is 0 Å². The number of halogens is 3. The third kappa shape index (κ3) is 2.91. The summed E-state index contributed by atoms with van der Waals surface area (Å²) < 4.78 is 36.5. The predicted molar refractivity (Wildman–Crippen MR) is 50.8 cm³/mol. The van der Waals surface area contributed by atoms with Crippen molar-refractivity contribution in [3.63, 3.8) is 0 Å². The van der Waals surface area contributed by atoms with Crippen LogP contribution < -0.4 is 0 Å². The second-order valence-electron chi connectivity index (χ2n) is 3.34. The number of benzene rings is 1. The first-order valence-electron chi connectivity index (χ1n) is 4.22. The molecule has 0 nitrogen and oxygen atoms in total. The van der Waals surface area contributed by atoms with Crippen molar-refractivity contribution >= 4 is 6.08 Å². The van der Waals surface area contributed by atoms with Gasteiger partial charge >= 0.3 is 6.18 Å². The van der Waals surface area contributed by atoms with Gasteiger partial charge in [-0.15, -0.1) is 0 Å². The summed E-state index contributed by atoms with van der Waals surface area (Å²) in [5.41, 5.74) is 1.24. The molecule has 14 heavy (non-hydrogen) atoms. The lowest BCUT2D eigenvalue weighted by Crippen LogP contribution is -2.03. The van der Waals surface area contributed by atoms with Gasteiger partial charge in [0.2, 0.25) is 0 Å². The van der Waals surface area contributed by atoms with Crippen molar-refractivity contribution in [1.29, 1.82) is 0 Å². The van der Waals surface area contributed by atoms with Crippen molar-refractivity contribution in [2.24, 2.45) is 0 Å². The first kappa shape index (κ1) is 10.8. The Bertz CT molecular complexity index is 327. The molecule has 0 atom stereocenters. The highest BCUT2D eigenvalue weighted by atomic mass is 19.4. The lowest BCUT2D eigenvalue weighted by Gasteiger charge is -2.06. The highest BCUT2D eigenvalue weighted by Gasteiger charge is 2.29. The van der Waals surface area contributed by atoms with Crippen LogP contribution in [0.4, 0.5) is 13.2 Å². The van der Waals surface area contributed by atoms with Gasteiger partial charge in [0.1, 0.15) is 0 Å². The fraction of sp³-hybridized carbons (Fsp3) is 0.273. The molecule has 0 saturated heterocycles. The van der Waals surface area contributed by atoms with Gasteiger partial charge in [0.25, 0.3) is 0 Å². The number of alkyl halides is 3. The van der Waals surface area contributed by atoms with E-state index in [1.807, 2.05) is 19.9 Å². The zero-order valence-corrected chi connectivity index (χ0v) is 8.02. The molecular weight excluding hydrogens is 189 g/mol. The fourth-order valence-electron chi connectivity index (χ4n) is 1.10. The molecule has 0 N–H and O–H groups in total. The number of rotatable bonds is 1. The van der Waals surface area contributed by atoms with Gasteiger partial charge in [-0.05, 0) is 31.5 Å². The zero-order valence-electron chi connectivity index (χ0n) is 8.02. The van der Waals surface area contributed by atoms with Gasteiger partial charge in [0.15, 0.2) is 0 Å². The molecule has 1 aromatic rings. The molecule has 0 fully saturated rings. The highest BCUT2D eigenvalue weighted by Crippen LogP contribution is 2.29. The average Bonchev–Trinajstić information content (AvgIpc) is 2.02. The largest absolute Gasteiger partial charge is 0.416 e. The molecule has 0 heterocycles. The summed E-state index contributed by atoms with van der Waals surface area (Å²) in [4.78, 5) is 0. The van der Waals surface area contributed by atoms with Gasteiger partial charge in [-0.25, -0.2) is 0 Å². The lowest BCUT2D eigenvalue weighted by molar-refractivity contribution is -0.137. The van der Waals surface area contributed by atoms with Crippen molar-refractivity contribution in [2.75, 3.05) is 0 Å². The molecule has 0 amide bonds. The van der Waals surface area contributed by atoms with Gasteiger partial charge in [-0.2, -0.15) is 13.2 Å². The fourth-order valence-corrected chi connectivity index (χ4v) is 1.10. The quantitative estimate of drug-likeness (QED) is 0.639. The van der Waals surface area contributed by atoms with E-state index in [-0.39, 0.29) is 0 Å². The summed E-state index contributed by atoms with van der Waals surface area (Å²) in [6.45, 7) is 3.80. The van der Waals surface area contributed by atoms with E-state index < -0.39 is 11.7 Å².